The van der Waals surface area contributed by atoms with Crippen LogP contribution in [0, 0.1) is 0 Å². The van der Waals surface area contributed by atoms with Crippen LogP contribution in [0.2, 0.25) is 0 Å². The Bertz CT molecular complexity index is 330. The van der Waals surface area contributed by atoms with Gasteiger partial charge in [-0.1, -0.05) is 11.3 Å². The summed E-state index contributed by atoms with van der Waals surface area (Å²) in [6, 6.07) is 0.482. The zero-order valence-corrected chi connectivity index (χ0v) is 9.83. The number of rotatable bonds is 3. The highest BCUT2D eigenvalue weighted by atomic mass is 32.1. The van der Waals surface area contributed by atoms with Crippen molar-refractivity contribution in [2.75, 3.05) is 19.4 Å². The Morgan fingerprint density at radius 1 is 1.60 bits per heavy atom. The summed E-state index contributed by atoms with van der Waals surface area (Å²) < 4.78 is 5.53. The lowest BCUT2D eigenvalue weighted by Crippen LogP contribution is -2.36. The predicted octanol–water partition coefficient (Wildman–Crippen LogP) is 0.729. The van der Waals surface area contributed by atoms with E-state index in [-0.39, 0.29) is 0 Å². The third-order valence-electron chi connectivity index (χ3n) is 2.77. The van der Waals surface area contributed by atoms with E-state index in [9.17, 15) is 0 Å². The molecule has 1 aromatic rings. The molecular weight excluding hydrogens is 212 g/mol. The number of hydrogen-bond donors (Lipinski definition) is 1. The molecule has 0 amide bonds. The third kappa shape index (κ3) is 2.45. The minimum absolute atomic E-state index is 0.306. The maximum atomic E-state index is 5.54. The lowest BCUT2D eigenvalue weighted by Gasteiger charge is -2.25. The van der Waals surface area contributed by atoms with Crippen LogP contribution < -0.4 is 5.73 Å². The maximum Gasteiger partial charge on any atom is 0.203 e. The standard InChI is InChI=1S/C9H16N4OS/c1-6-7(3-4-14-6)13(2)5-8-11-12-9(10)15-8/h6-7H,3-5H2,1-2H3,(H2,10,12). The summed E-state index contributed by atoms with van der Waals surface area (Å²) in [5, 5.41) is 9.32. The molecule has 1 fully saturated rings. The van der Waals surface area contributed by atoms with Crippen LogP contribution in [0.25, 0.3) is 0 Å². The van der Waals surface area contributed by atoms with Crippen molar-refractivity contribution >= 4 is 16.5 Å². The van der Waals surface area contributed by atoms with E-state index in [0.717, 1.165) is 24.6 Å². The van der Waals surface area contributed by atoms with Gasteiger partial charge in [-0.2, -0.15) is 0 Å². The molecule has 0 aliphatic carbocycles. The van der Waals surface area contributed by atoms with Crippen LogP contribution in [-0.4, -0.2) is 40.9 Å². The fraction of sp³-hybridized carbons (Fsp3) is 0.778. The predicted molar refractivity (Wildman–Crippen MR) is 59.6 cm³/mol. The Hall–Kier alpha value is -0.720. The summed E-state index contributed by atoms with van der Waals surface area (Å²) in [5.74, 6) is 0. The first-order chi connectivity index (χ1) is 7.16. The van der Waals surface area contributed by atoms with Gasteiger partial charge in [-0.3, -0.25) is 4.90 Å². The second-order valence-corrected chi connectivity index (χ2v) is 4.97. The molecule has 15 heavy (non-hydrogen) atoms. The molecule has 2 unspecified atom stereocenters. The van der Waals surface area contributed by atoms with Gasteiger partial charge in [0, 0.05) is 12.6 Å². The number of nitrogens with two attached hydrogens (primary N) is 1. The minimum Gasteiger partial charge on any atom is -0.377 e. The molecule has 2 N–H and O–H groups in total. The van der Waals surface area contributed by atoms with Crippen molar-refractivity contribution < 1.29 is 4.74 Å². The number of likely N-dealkylation sites (N-methyl/N-ethyl adjacent to an activating group) is 1. The SMILES string of the molecule is CC1OCCC1N(C)Cc1nnc(N)s1. The molecule has 0 aromatic carbocycles. The molecule has 0 radical (unpaired) electrons. The van der Waals surface area contributed by atoms with E-state index < -0.39 is 0 Å². The number of nitrogens with zero attached hydrogens (tertiary/aromatic N) is 3. The van der Waals surface area contributed by atoms with E-state index in [1.165, 1.54) is 11.3 Å². The highest BCUT2D eigenvalue weighted by Crippen LogP contribution is 2.21. The fourth-order valence-electron chi connectivity index (χ4n) is 1.96. The van der Waals surface area contributed by atoms with Gasteiger partial charge in [-0.25, -0.2) is 0 Å². The van der Waals surface area contributed by atoms with Gasteiger partial charge in [-0.05, 0) is 20.4 Å². The van der Waals surface area contributed by atoms with Crippen molar-refractivity contribution in [3.8, 4) is 0 Å². The van der Waals surface area contributed by atoms with E-state index in [4.69, 9.17) is 10.5 Å². The van der Waals surface area contributed by atoms with Crippen molar-refractivity contribution in [3.63, 3.8) is 0 Å². The van der Waals surface area contributed by atoms with Crippen LogP contribution in [0.3, 0.4) is 0 Å². The second-order valence-electron chi connectivity index (χ2n) is 3.88. The molecule has 1 aliphatic heterocycles. The fourth-order valence-corrected chi connectivity index (χ4v) is 2.63. The van der Waals surface area contributed by atoms with Crippen LogP contribution in [0.15, 0.2) is 0 Å². The Morgan fingerprint density at radius 3 is 2.93 bits per heavy atom. The van der Waals surface area contributed by atoms with E-state index in [0.29, 0.717) is 17.3 Å². The van der Waals surface area contributed by atoms with Crippen molar-refractivity contribution in [1.29, 1.82) is 0 Å². The summed E-state index contributed by atoms with van der Waals surface area (Å²) in [6.45, 7) is 3.77. The quantitative estimate of drug-likeness (QED) is 0.826. The average Bonchev–Trinajstić information content (AvgIpc) is 2.75. The third-order valence-corrected chi connectivity index (χ3v) is 3.51. The van der Waals surface area contributed by atoms with Crippen molar-refractivity contribution in [1.82, 2.24) is 15.1 Å². The van der Waals surface area contributed by atoms with Gasteiger partial charge in [0.25, 0.3) is 0 Å². The highest BCUT2D eigenvalue weighted by Gasteiger charge is 2.28. The summed E-state index contributed by atoms with van der Waals surface area (Å²) in [5.41, 5.74) is 5.54. The topological polar surface area (TPSA) is 64.3 Å². The first-order valence-corrected chi connectivity index (χ1v) is 5.88. The lowest BCUT2D eigenvalue weighted by molar-refractivity contribution is 0.0813. The van der Waals surface area contributed by atoms with Crippen molar-refractivity contribution in [3.05, 3.63) is 5.01 Å². The van der Waals surface area contributed by atoms with Crippen LogP contribution in [0.5, 0.6) is 0 Å². The first-order valence-electron chi connectivity index (χ1n) is 5.06. The van der Waals surface area contributed by atoms with E-state index >= 15 is 0 Å². The van der Waals surface area contributed by atoms with Crippen molar-refractivity contribution in [2.45, 2.75) is 32.0 Å². The Kier molecular flexibility index (Phi) is 3.18. The second kappa shape index (κ2) is 4.42. The van der Waals surface area contributed by atoms with Gasteiger partial charge in [-0.15, -0.1) is 10.2 Å². The van der Waals surface area contributed by atoms with Gasteiger partial charge < -0.3 is 10.5 Å². The molecule has 0 saturated carbocycles. The molecule has 6 heteroatoms. The van der Waals surface area contributed by atoms with Gasteiger partial charge in [0.2, 0.25) is 5.13 Å². The largest absolute Gasteiger partial charge is 0.377 e. The van der Waals surface area contributed by atoms with E-state index in [1.807, 2.05) is 0 Å². The van der Waals surface area contributed by atoms with Gasteiger partial charge >= 0.3 is 0 Å². The number of ether oxygens (including phenoxy) is 1. The van der Waals surface area contributed by atoms with Crippen LogP contribution in [0.4, 0.5) is 5.13 Å². The zero-order valence-electron chi connectivity index (χ0n) is 9.01. The van der Waals surface area contributed by atoms with Gasteiger partial charge in [0.15, 0.2) is 0 Å². The molecule has 5 nitrogen and oxygen atoms in total. The Balaban J connectivity index is 1.94. The van der Waals surface area contributed by atoms with Gasteiger partial charge in [0.1, 0.15) is 5.01 Å². The summed E-state index contributed by atoms with van der Waals surface area (Å²) in [4.78, 5) is 2.26. The molecule has 0 spiro atoms. The summed E-state index contributed by atoms with van der Waals surface area (Å²) >= 11 is 1.45. The molecule has 2 rings (SSSR count). The van der Waals surface area contributed by atoms with E-state index in [1.54, 1.807) is 0 Å². The Morgan fingerprint density at radius 2 is 2.40 bits per heavy atom. The molecule has 1 aliphatic rings. The smallest absolute Gasteiger partial charge is 0.203 e. The number of hydrogen-bond acceptors (Lipinski definition) is 6. The molecule has 2 heterocycles. The molecule has 1 saturated heterocycles. The minimum atomic E-state index is 0.306. The number of aromatic nitrogens is 2. The molecular formula is C9H16N4OS. The monoisotopic (exact) mass is 228 g/mol. The normalized spacial score (nSPS) is 26.3. The highest BCUT2D eigenvalue weighted by molar-refractivity contribution is 7.15. The molecule has 0 bridgehead atoms. The molecule has 84 valence electrons. The van der Waals surface area contributed by atoms with Crippen molar-refractivity contribution in [2.24, 2.45) is 0 Å². The zero-order chi connectivity index (χ0) is 10.8. The summed E-state index contributed by atoms with van der Waals surface area (Å²) in [7, 11) is 2.09. The van der Waals surface area contributed by atoms with E-state index in [2.05, 4.69) is 29.1 Å². The number of nitrogen functional groups attached to an aromatic ring is 1. The molecule has 2 atom stereocenters. The lowest BCUT2D eigenvalue weighted by atomic mass is 10.1. The maximum absolute atomic E-state index is 5.54. The van der Waals surface area contributed by atoms with Crippen LogP contribution in [0.1, 0.15) is 18.4 Å². The van der Waals surface area contributed by atoms with Gasteiger partial charge in [0.05, 0.1) is 12.6 Å². The average molecular weight is 228 g/mol. The Labute approximate surface area is 93.2 Å². The van der Waals surface area contributed by atoms with Crippen LogP contribution >= 0.6 is 11.3 Å². The molecule has 1 aromatic heterocycles. The number of anilines is 1. The first kappa shape index (κ1) is 10.8. The summed E-state index contributed by atoms with van der Waals surface area (Å²) in [6.07, 6.45) is 1.40. The van der Waals surface area contributed by atoms with Crippen LogP contribution in [-0.2, 0) is 11.3 Å².